The number of benzene rings is 9. The van der Waals surface area contributed by atoms with E-state index in [0.29, 0.717) is 0 Å². The molecule has 0 saturated heterocycles. The van der Waals surface area contributed by atoms with Crippen LogP contribution in [0, 0.1) is 0 Å². The molecule has 0 aliphatic heterocycles. The van der Waals surface area contributed by atoms with Crippen molar-refractivity contribution in [2.24, 2.45) is 0 Å². The first kappa shape index (κ1) is 28.8. The molecule has 9 aromatic carbocycles. The minimum absolute atomic E-state index is 1.12. The normalized spacial score (nSPS) is 11.6. The molecule has 10 aromatic rings. The van der Waals surface area contributed by atoms with Crippen LogP contribution < -0.4 is 4.90 Å². The van der Waals surface area contributed by atoms with E-state index in [1.165, 1.54) is 74.7 Å². The number of hydrogen-bond acceptors (Lipinski definition) is 2. The monoisotopic (exact) mass is 653 g/mol. The summed E-state index contributed by atoms with van der Waals surface area (Å²) < 4.78 is 2.63. The van der Waals surface area contributed by atoms with Crippen LogP contribution in [0.3, 0.4) is 0 Å². The molecular weight excluding hydrogens is 623 g/mol. The number of hydrogen-bond donors (Lipinski definition) is 0. The molecule has 0 aliphatic carbocycles. The van der Waals surface area contributed by atoms with Crippen molar-refractivity contribution in [3.8, 4) is 22.3 Å². The Bertz CT molecular complexity index is 2880. The van der Waals surface area contributed by atoms with Gasteiger partial charge in [0.1, 0.15) is 0 Å². The van der Waals surface area contributed by atoms with E-state index in [2.05, 4.69) is 193 Å². The Morgan fingerprint density at radius 2 is 1.00 bits per heavy atom. The van der Waals surface area contributed by atoms with Gasteiger partial charge in [0.2, 0.25) is 0 Å². The smallest absolute Gasteiger partial charge is 0.0546 e. The predicted molar refractivity (Wildman–Crippen MR) is 217 cm³/mol. The standard InChI is InChI=1S/C48H31NS/c1-2-14-38(15-3-1)49(39-26-28-41-35(30-39)23-22-33-12-6-7-16-40(33)41)45-19-10-18-42(48(45)37-24-21-32-11-4-5-13-34(32)29-37)36-25-27-44-43-17-8-9-20-46(43)50-47(44)31-36/h1-31H. The first-order chi connectivity index (χ1) is 24.8. The lowest BCUT2D eigenvalue weighted by atomic mass is 9.90. The highest BCUT2D eigenvalue weighted by Crippen LogP contribution is 2.47. The lowest BCUT2D eigenvalue weighted by Crippen LogP contribution is -2.11. The predicted octanol–water partition coefficient (Wildman–Crippen LogP) is 14.3. The lowest BCUT2D eigenvalue weighted by molar-refractivity contribution is 1.29. The topological polar surface area (TPSA) is 3.24 Å². The van der Waals surface area contributed by atoms with Crippen molar-refractivity contribution < 1.29 is 0 Å². The average molecular weight is 654 g/mol. The van der Waals surface area contributed by atoms with E-state index in [1.807, 2.05) is 11.3 Å². The van der Waals surface area contributed by atoms with Crippen molar-refractivity contribution in [2.75, 3.05) is 4.90 Å². The number of para-hydroxylation sites is 1. The van der Waals surface area contributed by atoms with Crippen molar-refractivity contribution >= 4 is 80.9 Å². The van der Waals surface area contributed by atoms with Crippen molar-refractivity contribution in [2.45, 2.75) is 0 Å². The summed E-state index contributed by atoms with van der Waals surface area (Å²) in [5.74, 6) is 0. The Morgan fingerprint density at radius 3 is 1.90 bits per heavy atom. The molecule has 0 atom stereocenters. The zero-order valence-electron chi connectivity index (χ0n) is 27.3. The SMILES string of the molecule is c1ccc(N(c2ccc3c(ccc4ccccc43)c2)c2cccc(-c3ccc4c(c3)sc3ccccc34)c2-c2ccc3ccccc3c2)cc1. The van der Waals surface area contributed by atoms with Gasteiger partial charge < -0.3 is 4.90 Å². The van der Waals surface area contributed by atoms with E-state index in [1.54, 1.807) is 0 Å². The second-order valence-electron chi connectivity index (χ2n) is 12.9. The summed E-state index contributed by atoms with van der Waals surface area (Å²) in [4.78, 5) is 2.43. The van der Waals surface area contributed by atoms with Crippen molar-refractivity contribution in [1.29, 1.82) is 0 Å². The molecule has 0 bridgehead atoms. The Kier molecular flexibility index (Phi) is 6.75. The molecule has 0 fully saturated rings. The van der Waals surface area contributed by atoms with Gasteiger partial charge in [0.15, 0.2) is 0 Å². The maximum atomic E-state index is 2.43. The van der Waals surface area contributed by atoms with Gasteiger partial charge in [-0.15, -0.1) is 11.3 Å². The van der Waals surface area contributed by atoms with Crippen LogP contribution in [0.1, 0.15) is 0 Å². The van der Waals surface area contributed by atoms with E-state index in [0.717, 1.165) is 17.1 Å². The van der Waals surface area contributed by atoms with Crippen LogP contribution in [-0.4, -0.2) is 0 Å². The first-order valence-corrected chi connectivity index (χ1v) is 17.9. The molecule has 0 unspecified atom stereocenters. The molecule has 0 spiro atoms. The number of rotatable bonds is 5. The van der Waals surface area contributed by atoms with Crippen molar-refractivity contribution in [1.82, 2.24) is 0 Å². The Balaban J connectivity index is 1.25. The van der Waals surface area contributed by atoms with E-state index >= 15 is 0 Å². The highest BCUT2D eigenvalue weighted by molar-refractivity contribution is 7.25. The van der Waals surface area contributed by atoms with Crippen molar-refractivity contribution in [3.63, 3.8) is 0 Å². The van der Waals surface area contributed by atoms with Gasteiger partial charge in [0, 0.05) is 37.1 Å². The van der Waals surface area contributed by atoms with Crippen LogP contribution >= 0.6 is 11.3 Å². The van der Waals surface area contributed by atoms with Crippen LogP contribution in [0.2, 0.25) is 0 Å². The van der Waals surface area contributed by atoms with E-state index in [-0.39, 0.29) is 0 Å². The maximum absolute atomic E-state index is 2.43. The quantitative estimate of drug-likeness (QED) is 0.167. The fourth-order valence-electron chi connectivity index (χ4n) is 7.65. The molecule has 50 heavy (non-hydrogen) atoms. The van der Waals surface area contributed by atoms with Gasteiger partial charge in [-0.1, -0.05) is 140 Å². The summed E-state index contributed by atoms with van der Waals surface area (Å²) in [6.45, 7) is 0. The molecule has 0 saturated carbocycles. The van der Waals surface area contributed by atoms with Gasteiger partial charge in [0.25, 0.3) is 0 Å². The van der Waals surface area contributed by atoms with Crippen LogP contribution in [0.4, 0.5) is 17.1 Å². The third kappa shape index (κ3) is 4.76. The van der Waals surface area contributed by atoms with Crippen LogP contribution in [-0.2, 0) is 0 Å². The van der Waals surface area contributed by atoms with Gasteiger partial charge in [-0.3, -0.25) is 0 Å². The summed E-state index contributed by atoms with van der Waals surface area (Å²) in [6, 6.07) is 68.9. The Labute approximate surface area is 294 Å². The van der Waals surface area contributed by atoms with Gasteiger partial charge in [-0.25, -0.2) is 0 Å². The number of nitrogens with zero attached hydrogens (tertiary/aromatic N) is 1. The molecule has 1 nitrogen and oxygen atoms in total. The summed E-state index contributed by atoms with van der Waals surface area (Å²) in [5.41, 5.74) is 8.21. The molecule has 0 amide bonds. The zero-order chi connectivity index (χ0) is 33.0. The third-order valence-electron chi connectivity index (χ3n) is 10.0. The van der Waals surface area contributed by atoms with E-state index < -0.39 is 0 Å². The average Bonchev–Trinajstić information content (AvgIpc) is 3.56. The molecule has 0 aliphatic rings. The number of anilines is 3. The molecule has 0 radical (unpaired) electrons. The van der Waals surface area contributed by atoms with Crippen LogP contribution in [0.15, 0.2) is 188 Å². The summed E-state index contributed by atoms with van der Waals surface area (Å²) >= 11 is 1.87. The van der Waals surface area contributed by atoms with Gasteiger partial charge in [-0.2, -0.15) is 0 Å². The first-order valence-electron chi connectivity index (χ1n) is 17.1. The third-order valence-corrected chi connectivity index (χ3v) is 11.1. The van der Waals surface area contributed by atoms with Gasteiger partial charge in [-0.05, 0) is 97.5 Å². The summed E-state index contributed by atoms with van der Waals surface area (Å²) in [6.07, 6.45) is 0. The fraction of sp³-hybridized carbons (Fsp3) is 0. The minimum atomic E-state index is 1.12. The Morgan fingerprint density at radius 1 is 0.340 bits per heavy atom. The largest absolute Gasteiger partial charge is 0.310 e. The molecule has 1 aromatic heterocycles. The van der Waals surface area contributed by atoms with Crippen LogP contribution in [0.5, 0.6) is 0 Å². The van der Waals surface area contributed by atoms with Crippen molar-refractivity contribution in [3.05, 3.63) is 188 Å². The molecule has 0 N–H and O–H groups in total. The van der Waals surface area contributed by atoms with Gasteiger partial charge in [0.05, 0.1) is 5.69 Å². The molecule has 2 heteroatoms. The fourth-order valence-corrected chi connectivity index (χ4v) is 8.80. The highest BCUT2D eigenvalue weighted by Gasteiger charge is 2.22. The van der Waals surface area contributed by atoms with E-state index in [9.17, 15) is 0 Å². The number of thiophene rings is 1. The molecule has 234 valence electrons. The number of fused-ring (bicyclic) bond motifs is 7. The Hall–Kier alpha value is -6.22. The molecule has 1 heterocycles. The lowest BCUT2D eigenvalue weighted by Gasteiger charge is -2.29. The zero-order valence-corrected chi connectivity index (χ0v) is 28.1. The summed E-state index contributed by atoms with van der Waals surface area (Å²) in [5, 5.41) is 10.1. The molecular formula is C48H31NS. The second-order valence-corrected chi connectivity index (χ2v) is 14.0. The van der Waals surface area contributed by atoms with Crippen LogP contribution in [0.25, 0.3) is 74.7 Å². The van der Waals surface area contributed by atoms with E-state index in [4.69, 9.17) is 0 Å². The summed E-state index contributed by atoms with van der Waals surface area (Å²) in [7, 11) is 0. The van der Waals surface area contributed by atoms with Gasteiger partial charge >= 0.3 is 0 Å². The molecule has 10 rings (SSSR count). The second kappa shape index (κ2) is 11.7. The minimum Gasteiger partial charge on any atom is -0.310 e. The highest BCUT2D eigenvalue weighted by atomic mass is 32.1. The maximum Gasteiger partial charge on any atom is 0.0546 e.